The zero-order valence-electron chi connectivity index (χ0n) is 11.3. The van der Waals surface area contributed by atoms with Crippen molar-refractivity contribution in [3.8, 4) is 0 Å². The Balaban J connectivity index is 1.61. The molecule has 5 heteroatoms. The van der Waals surface area contributed by atoms with E-state index in [0.717, 1.165) is 32.1 Å². The van der Waals surface area contributed by atoms with Crippen molar-refractivity contribution in [2.45, 2.75) is 57.2 Å². The topological polar surface area (TPSA) is 78.4 Å². The molecule has 106 valence electrons. The number of aliphatic carboxylic acids is 1. The molecule has 5 nitrogen and oxygen atoms in total. The van der Waals surface area contributed by atoms with Crippen LogP contribution >= 0.6 is 0 Å². The fraction of sp³-hybridized carbons (Fsp3) is 0.857. The van der Waals surface area contributed by atoms with E-state index >= 15 is 0 Å². The molecule has 5 atom stereocenters. The van der Waals surface area contributed by atoms with E-state index in [9.17, 15) is 14.7 Å². The zero-order valence-corrected chi connectivity index (χ0v) is 11.3. The molecule has 19 heavy (non-hydrogen) atoms. The number of amides is 1. The molecule has 2 bridgehead atoms. The summed E-state index contributed by atoms with van der Waals surface area (Å²) in [7, 11) is 0. The molecule has 3 fully saturated rings. The summed E-state index contributed by atoms with van der Waals surface area (Å²) in [5.74, 6) is -0.273. The van der Waals surface area contributed by atoms with Crippen LogP contribution < -0.4 is 10.6 Å². The maximum Gasteiger partial charge on any atom is 0.308 e. The minimum absolute atomic E-state index is 0.00872. The van der Waals surface area contributed by atoms with E-state index in [1.54, 1.807) is 0 Å². The summed E-state index contributed by atoms with van der Waals surface area (Å²) in [6.07, 6.45) is 5.28. The van der Waals surface area contributed by atoms with Crippen molar-refractivity contribution in [3.63, 3.8) is 0 Å². The van der Waals surface area contributed by atoms with Crippen molar-refractivity contribution < 1.29 is 14.7 Å². The quantitative estimate of drug-likeness (QED) is 0.686. The van der Waals surface area contributed by atoms with E-state index in [2.05, 4.69) is 10.6 Å². The SMILES string of the molecule is CC(NC1C2CCC(C2)C1C(=O)O)C(=O)NC1CC1. The highest BCUT2D eigenvalue weighted by atomic mass is 16.4. The predicted molar refractivity (Wildman–Crippen MR) is 69.5 cm³/mol. The molecular formula is C14H22N2O3. The van der Waals surface area contributed by atoms with E-state index in [0.29, 0.717) is 17.9 Å². The van der Waals surface area contributed by atoms with Crippen LogP contribution in [-0.2, 0) is 9.59 Å². The first-order valence-corrected chi connectivity index (χ1v) is 7.35. The van der Waals surface area contributed by atoms with E-state index < -0.39 is 5.97 Å². The number of rotatable bonds is 5. The van der Waals surface area contributed by atoms with Gasteiger partial charge >= 0.3 is 5.97 Å². The summed E-state index contributed by atoms with van der Waals surface area (Å²) in [5.41, 5.74) is 0. The van der Waals surface area contributed by atoms with Crippen LogP contribution in [0.25, 0.3) is 0 Å². The second-order valence-corrected chi connectivity index (χ2v) is 6.39. The molecule has 3 N–H and O–H groups in total. The standard InChI is InChI=1S/C14H22N2O3/c1-7(13(17)16-10-4-5-10)15-12-9-3-2-8(6-9)11(12)14(18)19/h7-12,15H,2-6H2,1H3,(H,16,17)(H,18,19). The number of nitrogens with one attached hydrogen (secondary N) is 2. The van der Waals surface area contributed by atoms with Gasteiger partial charge in [0.1, 0.15) is 0 Å². The third-order valence-electron chi connectivity index (χ3n) is 4.96. The van der Waals surface area contributed by atoms with Crippen LogP contribution in [0, 0.1) is 17.8 Å². The summed E-state index contributed by atoms with van der Waals surface area (Å²) in [6.45, 7) is 1.84. The second kappa shape index (κ2) is 4.78. The maximum absolute atomic E-state index is 11.9. The maximum atomic E-state index is 11.9. The minimum Gasteiger partial charge on any atom is -0.481 e. The first-order valence-electron chi connectivity index (χ1n) is 7.35. The van der Waals surface area contributed by atoms with Crippen LogP contribution in [0.15, 0.2) is 0 Å². The largest absolute Gasteiger partial charge is 0.481 e. The number of fused-ring (bicyclic) bond motifs is 2. The van der Waals surface area contributed by atoms with E-state index in [1.807, 2.05) is 6.92 Å². The van der Waals surface area contributed by atoms with Crippen LogP contribution in [0.1, 0.15) is 39.0 Å². The third kappa shape index (κ3) is 2.48. The summed E-state index contributed by atoms with van der Waals surface area (Å²) in [5, 5.41) is 15.6. The average molecular weight is 266 g/mol. The van der Waals surface area contributed by atoms with Gasteiger partial charge in [0.05, 0.1) is 12.0 Å². The van der Waals surface area contributed by atoms with Crippen molar-refractivity contribution in [2.24, 2.45) is 17.8 Å². The molecule has 0 spiro atoms. The molecule has 1 amide bonds. The van der Waals surface area contributed by atoms with Crippen molar-refractivity contribution >= 4 is 11.9 Å². The first kappa shape index (κ1) is 12.9. The molecule has 3 aliphatic carbocycles. The molecule has 0 heterocycles. The Labute approximate surface area is 113 Å². The van der Waals surface area contributed by atoms with Crippen molar-refractivity contribution in [1.82, 2.24) is 10.6 Å². The van der Waals surface area contributed by atoms with Gasteiger partial charge in [0.15, 0.2) is 0 Å². The lowest BCUT2D eigenvalue weighted by atomic mass is 9.84. The Hall–Kier alpha value is -1.10. The number of carbonyl (C=O) groups excluding carboxylic acids is 1. The number of carboxylic acid groups (broad SMARTS) is 1. The van der Waals surface area contributed by atoms with Gasteiger partial charge in [-0.3, -0.25) is 9.59 Å². The van der Waals surface area contributed by atoms with E-state index in [1.165, 1.54) is 0 Å². The molecule has 0 saturated heterocycles. The van der Waals surface area contributed by atoms with Gasteiger partial charge in [-0.15, -0.1) is 0 Å². The van der Waals surface area contributed by atoms with Crippen LogP contribution in [0.4, 0.5) is 0 Å². The lowest BCUT2D eigenvalue weighted by molar-refractivity contribution is -0.145. The number of carboxylic acids is 1. The van der Waals surface area contributed by atoms with Crippen molar-refractivity contribution in [3.05, 3.63) is 0 Å². The molecule has 0 aromatic heterocycles. The van der Waals surface area contributed by atoms with Crippen molar-refractivity contribution in [2.75, 3.05) is 0 Å². The minimum atomic E-state index is -0.709. The first-order chi connectivity index (χ1) is 9.06. The highest BCUT2D eigenvalue weighted by Gasteiger charge is 2.51. The molecule has 3 rings (SSSR count). The van der Waals surface area contributed by atoms with Gasteiger partial charge < -0.3 is 15.7 Å². The second-order valence-electron chi connectivity index (χ2n) is 6.39. The van der Waals surface area contributed by atoms with Crippen LogP contribution in [-0.4, -0.2) is 35.1 Å². The fourth-order valence-electron chi connectivity index (χ4n) is 3.80. The van der Waals surface area contributed by atoms with Crippen molar-refractivity contribution in [1.29, 1.82) is 0 Å². The molecule has 0 aromatic carbocycles. The molecule has 5 unspecified atom stereocenters. The monoisotopic (exact) mass is 266 g/mol. The third-order valence-corrected chi connectivity index (χ3v) is 4.96. The summed E-state index contributed by atoms with van der Waals surface area (Å²) >= 11 is 0. The lowest BCUT2D eigenvalue weighted by Crippen LogP contribution is -2.52. The zero-order chi connectivity index (χ0) is 13.6. The van der Waals surface area contributed by atoms with Crippen LogP contribution in [0.3, 0.4) is 0 Å². The van der Waals surface area contributed by atoms with Crippen LogP contribution in [0.5, 0.6) is 0 Å². The van der Waals surface area contributed by atoms with E-state index in [4.69, 9.17) is 0 Å². The van der Waals surface area contributed by atoms with E-state index in [-0.39, 0.29) is 23.9 Å². The molecule has 0 aliphatic heterocycles. The van der Waals surface area contributed by atoms with Gasteiger partial charge in [0, 0.05) is 12.1 Å². The smallest absolute Gasteiger partial charge is 0.308 e. The normalized spacial score (nSPS) is 38.2. The molecule has 3 aliphatic rings. The highest BCUT2D eigenvalue weighted by Crippen LogP contribution is 2.48. The number of hydrogen-bond acceptors (Lipinski definition) is 3. The average Bonchev–Trinajstić information content (AvgIpc) is 2.94. The Morgan fingerprint density at radius 3 is 2.47 bits per heavy atom. The molecule has 3 saturated carbocycles. The Kier molecular flexibility index (Phi) is 3.25. The highest BCUT2D eigenvalue weighted by molar-refractivity contribution is 5.82. The summed E-state index contributed by atoms with van der Waals surface area (Å²) < 4.78 is 0. The Morgan fingerprint density at radius 2 is 1.84 bits per heavy atom. The van der Waals surface area contributed by atoms with Gasteiger partial charge in [0.2, 0.25) is 5.91 Å². The van der Waals surface area contributed by atoms with Crippen LogP contribution in [0.2, 0.25) is 0 Å². The fourth-order valence-corrected chi connectivity index (χ4v) is 3.80. The van der Waals surface area contributed by atoms with Gasteiger partial charge in [-0.2, -0.15) is 0 Å². The predicted octanol–water partition coefficient (Wildman–Crippen LogP) is 0.742. The Bertz CT molecular complexity index is 394. The van der Waals surface area contributed by atoms with Gasteiger partial charge in [-0.25, -0.2) is 0 Å². The molecule has 0 aromatic rings. The lowest BCUT2D eigenvalue weighted by Gasteiger charge is -2.31. The number of hydrogen-bond donors (Lipinski definition) is 3. The van der Waals surface area contributed by atoms with Gasteiger partial charge in [0.25, 0.3) is 0 Å². The Morgan fingerprint density at radius 1 is 1.16 bits per heavy atom. The van der Waals surface area contributed by atoms with Gasteiger partial charge in [-0.05, 0) is 50.9 Å². The summed E-state index contributed by atoms with van der Waals surface area (Å²) in [4.78, 5) is 23.3. The summed E-state index contributed by atoms with van der Waals surface area (Å²) in [6, 6.07) is 0.0232. The van der Waals surface area contributed by atoms with Gasteiger partial charge in [-0.1, -0.05) is 0 Å². The molecular weight excluding hydrogens is 244 g/mol. The molecule has 0 radical (unpaired) electrons. The number of carbonyl (C=O) groups is 2.